The molecule has 0 fully saturated rings. The topological polar surface area (TPSA) is 54.6 Å². The SMILES string of the molecule is C/C(=C\c1ccc(-c2cccc3cncn23)cc1)C(=O)O. The highest BCUT2D eigenvalue weighted by molar-refractivity contribution is 5.91. The van der Waals surface area contributed by atoms with Crippen LogP contribution < -0.4 is 0 Å². The first kappa shape index (κ1) is 13.1. The molecule has 0 saturated heterocycles. The van der Waals surface area contributed by atoms with Gasteiger partial charge in [-0.15, -0.1) is 0 Å². The standard InChI is InChI=1S/C17H14N2O2/c1-12(17(20)21)9-13-5-7-14(8-6-13)16-4-2-3-15-10-18-11-19(15)16/h2-11H,1H3,(H,20,21)/b12-9+. The summed E-state index contributed by atoms with van der Waals surface area (Å²) in [7, 11) is 0. The Morgan fingerprint density at radius 3 is 2.67 bits per heavy atom. The Morgan fingerprint density at radius 1 is 1.19 bits per heavy atom. The molecule has 2 heterocycles. The second-order valence-electron chi connectivity index (χ2n) is 4.85. The molecule has 0 aliphatic rings. The quantitative estimate of drug-likeness (QED) is 0.746. The lowest BCUT2D eigenvalue weighted by Gasteiger charge is -2.06. The van der Waals surface area contributed by atoms with Crippen LogP contribution in [-0.2, 0) is 4.79 Å². The number of hydrogen-bond acceptors (Lipinski definition) is 2. The van der Waals surface area contributed by atoms with Gasteiger partial charge >= 0.3 is 5.97 Å². The summed E-state index contributed by atoms with van der Waals surface area (Å²) in [6.07, 6.45) is 5.26. The van der Waals surface area contributed by atoms with Crippen molar-refractivity contribution < 1.29 is 9.90 Å². The number of benzene rings is 1. The molecule has 0 saturated carbocycles. The van der Waals surface area contributed by atoms with Gasteiger partial charge in [-0.2, -0.15) is 0 Å². The minimum atomic E-state index is -0.901. The number of carboxylic acid groups (broad SMARTS) is 1. The summed E-state index contributed by atoms with van der Waals surface area (Å²) in [6.45, 7) is 1.59. The van der Waals surface area contributed by atoms with Crippen LogP contribution in [0.5, 0.6) is 0 Å². The van der Waals surface area contributed by atoms with Gasteiger partial charge in [-0.1, -0.05) is 30.3 Å². The summed E-state index contributed by atoms with van der Waals surface area (Å²) < 4.78 is 2.02. The van der Waals surface area contributed by atoms with Gasteiger partial charge in [0.1, 0.15) is 0 Å². The molecule has 0 atom stereocenters. The van der Waals surface area contributed by atoms with Crippen LogP contribution in [-0.4, -0.2) is 20.5 Å². The third-order valence-electron chi connectivity index (χ3n) is 3.37. The van der Waals surface area contributed by atoms with Crippen LogP contribution in [0.25, 0.3) is 22.9 Å². The summed E-state index contributed by atoms with van der Waals surface area (Å²) in [5.74, 6) is -0.901. The molecular weight excluding hydrogens is 264 g/mol. The molecule has 21 heavy (non-hydrogen) atoms. The van der Waals surface area contributed by atoms with Crippen molar-refractivity contribution in [3.8, 4) is 11.3 Å². The number of carbonyl (C=O) groups is 1. The number of hydrogen-bond donors (Lipinski definition) is 1. The highest BCUT2D eigenvalue weighted by Gasteiger charge is 2.04. The number of fused-ring (bicyclic) bond motifs is 1. The second kappa shape index (κ2) is 5.25. The van der Waals surface area contributed by atoms with E-state index in [2.05, 4.69) is 4.98 Å². The summed E-state index contributed by atoms with van der Waals surface area (Å²) in [4.78, 5) is 15.0. The van der Waals surface area contributed by atoms with Gasteiger partial charge in [0.15, 0.2) is 0 Å². The molecule has 2 aromatic heterocycles. The van der Waals surface area contributed by atoms with Crippen molar-refractivity contribution in [2.24, 2.45) is 0 Å². The Morgan fingerprint density at radius 2 is 1.95 bits per heavy atom. The van der Waals surface area contributed by atoms with E-state index in [9.17, 15) is 4.79 Å². The van der Waals surface area contributed by atoms with Crippen LogP contribution >= 0.6 is 0 Å². The number of imidazole rings is 1. The van der Waals surface area contributed by atoms with Gasteiger partial charge in [0.25, 0.3) is 0 Å². The lowest BCUT2D eigenvalue weighted by Crippen LogP contribution is -1.95. The van der Waals surface area contributed by atoms with E-state index in [1.165, 1.54) is 0 Å². The first-order valence-corrected chi connectivity index (χ1v) is 6.58. The van der Waals surface area contributed by atoms with Gasteiger partial charge in [-0.25, -0.2) is 9.78 Å². The Balaban J connectivity index is 2.00. The van der Waals surface area contributed by atoms with Crippen LogP contribution in [0.3, 0.4) is 0 Å². The maximum atomic E-state index is 10.8. The van der Waals surface area contributed by atoms with Crippen molar-refractivity contribution in [1.29, 1.82) is 0 Å². The van der Waals surface area contributed by atoms with Crippen molar-refractivity contribution in [1.82, 2.24) is 9.38 Å². The second-order valence-corrected chi connectivity index (χ2v) is 4.85. The van der Waals surface area contributed by atoms with Gasteiger partial charge in [0.05, 0.1) is 23.7 Å². The highest BCUT2D eigenvalue weighted by atomic mass is 16.4. The molecule has 1 N–H and O–H groups in total. The first-order chi connectivity index (χ1) is 10.1. The van der Waals surface area contributed by atoms with Gasteiger partial charge < -0.3 is 5.11 Å². The Labute approximate surface area is 122 Å². The fourth-order valence-electron chi connectivity index (χ4n) is 2.25. The van der Waals surface area contributed by atoms with E-state index in [4.69, 9.17) is 5.11 Å². The van der Waals surface area contributed by atoms with E-state index in [0.717, 1.165) is 22.3 Å². The molecule has 0 amide bonds. The van der Waals surface area contributed by atoms with Gasteiger partial charge in [-0.05, 0) is 36.3 Å². The molecule has 1 aromatic carbocycles. The van der Waals surface area contributed by atoms with Crippen molar-refractivity contribution in [2.45, 2.75) is 6.92 Å². The predicted molar refractivity (Wildman–Crippen MR) is 81.9 cm³/mol. The molecule has 0 unspecified atom stereocenters. The molecule has 0 aliphatic heterocycles. The fraction of sp³-hybridized carbons (Fsp3) is 0.0588. The molecule has 3 aromatic rings. The summed E-state index contributed by atoms with van der Waals surface area (Å²) >= 11 is 0. The third-order valence-corrected chi connectivity index (χ3v) is 3.37. The normalized spacial score (nSPS) is 11.8. The molecular formula is C17H14N2O2. The maximum absolute atomic E-state index is 10.8. The van der Waals surface area contributed by atoms with E-state index >= 15 is 0 Å². The smallest absolute Gasteiger partial charge is 0.331 e. The zero-order valence-electron chi connectivity index (χ0n) is 11.5. The molecule has 3 rings (SSSR count). The lowest BCUT2D eigenvalue weighted by molar-refractivity contribution is -0.132. The van der Waals surface area contributed by atoms with Crippen molar-refractivity contribution in [2.75, 3.05) is 0 Å². The number of pyridine rings is 1. The number of nitrogens with zero attached hydrogens (tertiary/aromatic N) is 2. The monoisotopic (exact) mass is 278 g/mol. The molecule has 104 valence electrons. The minimum absolute atomic E-state index is 0.319. The molecule has 0 radical (unpaired) electrons. The summed E-state index contributed by atoms with van der Waals surface area (Å²) in [6, 6.07) is 13.8. The third kappa shape index (κ3) is 2.56. The van der Waals surface area contributed by atoms with Crippen molar-refractivity contribution in [3.63, 3.8) is 0 Å². The average molecular weight is 278 g/mol. The highest BCUT2D eigenvalue weighted by Crippen LogP contribution is 2.22. The van der Waals surface area contributed by atoms with E-state index < -0.39 is 5.97 Å². The minimum Gasteiger partial charge on any atom is -0.478 e. The Bertz CT molecular complexity index is 829. The maximum Gasteiger partial charge on any atom is 0.331 e. The fourth-order valence-corrected chi connectivity index (χ4v) is 2.25. The molecule has 0 aliphatic carbocycles. The zero-order valence-corrected chi connectivity index (χ0v) is 11.5. The lowest BCUT2D eigenvalue weighted by atomic mass is 10.1. The van der Waals surface area contributed by atoms with Crippen molar-refractivity contribution >= 4 is 17.6 Å². The van der Waals surface area contributed by atoms with Crippen LogP contribution in [0.2, 0.25) is 0 Å². The van der Waals surface area contributed by atoms with Gasteiger partial charge in [0, 0.05) is 5.57 Å². The Kier molecular flexibility index (Phi) is 3.28. The number of aromatic nitrogens is 2. The van der Waals surface area contributed by atoms with Crippen LogP contribution in [0.4, 0.5) is 0 Å². The number of rotatable bonds is 3. The van der Waals surface area contributed by atoms with Crippen molar-refractivity contribution in [3.05, 3.63) is 66.1 Å². The summed E-state index contributed by atoms with van der Waals surface area (Å²) in [5, 5.41) is 8.89. The molecule has 0 bridgehead atoms. The van der Waals surface area contributed by atoms with Gasteiger partial charge in [-0.3, -0.25) is 4.40 Å². The van der Waals surface area contributed by atoms with E-state index in [0.29, 0.717) is 5.57 Å². The molecule has 4 heteroatoms. The average Bonchev–Trinajstić information content (AvgIpc) is 2.96. The molecule has 0 spiro atoms. The molecule has 4 nitrogen and oxygen atoms in total. The largest absolute Gasteiger partial charge is 0.478 e. The van der Waals surface area contributed by atoms with E-state index in [-0.39, 0.29) is 0 Å². The van der Waals surface area contributed by atoms with Crippen LogP contribution in [0.15, 0.2) is 60.6 Å². The first-order valence-electron chi connectivity index (χ1n) is 6.58. The number of carboxylic acids is 1. The Hall–Kier alpha value is -2.88. The van der Waals surface area contributed by atoms with Crippen LogP contribution in [0, 0.1) is 0 Å². The van der Waals surface area contributed by atoms with E-state index in [1.54, 1.807) is 19.3 Å². The summed E-state index contributed by atoms with van der Waals surface area (Å²) in [5.41, 5.74) is 4.34. The van der Waals surface area contributed by atoms with Gasteiger partial charge in [0.2, 0.25) is 0 Å². The van der Waals surface area contributed by atoms with Crippen LogP contribution in [0.1, 0.15) is 12.5 Å². The van der Waals surface area contributed by atoms with E-state index in [1.807, 2.05) is 53.1 Å². The number of aliphatic carboxylic acids is 1. The predicted octanol–water partition coefficient (Wildman–Crippen LogP) is 3.49. The zero-order chi connectivity index (χ0) is 14.8.